The molecule has 0 aromatic heterocycles. The lowest BCUT2D eigenvalue weighted by molar-refractivity contribution is -0.503. The lowest BCUT2D eigenvalue weighted by Gasteiger charge is -1.89. The number of carbonyl (C=O) groups is 1. The predicted octanol–water partition coefficient (Wildman–Crippen LogP) is -3.02. The van der Waals surface area contributed by atoms with Crippen LogP contribution < -0.4 is 11.5 Å². The predicted molar refractivity (Wildman–Crippen MR) is 48.0 cm³/mol. The van der Waals surface area contributed by atoms with Gasteiger partial charge in [0.15, 0.2) is 0 Å². The molecular weight excluding hydrogens is 232 g/mol. The van der Waals surface area contributed by atoms with Gasteiger partial charge in [-0.2, -0.15) is 0 Å². The Kier molecular flexibility index (Phi) is 7.02. The van der Waals surface area contributed by atoms with Gasteiger partial charge < -0.3 is 9.66 Å². The van der Waals surface area contributed by atoms with Crippen molar-refractivity contribution in [2.24, 2.45) is 16.6 Å². The smallest absolute Gasteiger partial charge is 0.364 e. The van der Waals surface area contributed by atoms with E-state index in [2.05, 4.69) is 5.10 Å². The molecule has 0 aliphatic rings. The van der Waals surface area contributed by atoms with Crippen molar-refractivity contribution in [3.63, 3.8) is 0 Å². The molecule has 0 amide bonds. The van der Waals surface area contributed by atoms with Crippen LogP contribution in [0.1, 0.15) is 0 Å². The number of hydrazone groups is 1. The minimum Gasteiger partial charge on any atom is -0.726 e. The molecule has 0 spiro atoms. The van der Waals surface area contributed by atoms with Gasteiger partial charge in [-0.15, -0.1) is 9.79 Å². The average molecular weight is 242 g/mol. The van der Waals surface area contributed by atoms with Gasteiger partial charge in [0.05, 0.1) is 7.05 Å². The van der Waals surface area contributed by atoms with Crippen molar-refractivity contribution >= 4 is 28.5 Å². The van der Waals surface area contributed by atoms with Gasteiger partial charge in [-0.25, -0.2) is 13.2 Å². The molecule has 0 radical (unpaired) electrons. The van der Waals surface area contributed by atoms with Crippen molar-refractivity contribution in [3.8, 4) is 0 Å². The minimum atomic E-state index is -4.92. The SMILES string of the molecule is C[N+](/N=C/C(=O)O)=C(N)N.O=S(=O)([O-])O. The second kappa shape index (κ2) is 6.69. The highest BCUT2D eigenvalue weighted by Gasteiger charge is 1.93. The molecule has 0 aliphatic carbocycles. The molecule has 11 heteroatoms. The van der Waals surface area contributed by atoms with Crippen molar-refractivity contribution in [2.75, 3.05) is 7.05 Å². The molecule has 0 heterocycles. The fourth-order valence-corrected chi connectivity index (χ4v) is 0.203. The highest BCUT2D eigenvalue weighted by atomic mass is 32.3. The van der Waals surface area contributed by atoms with Gasteiger partial charge in [0.2, 0.25) is 10.4 Å². The molecule has 0 saturated carbocycles. The fourth-order valence-electron chi connectivity index (χ4n) is 0.203. The van der Waals surface area contributed by atoms with Gasteiger partial charge in [0.1, 0.15) is 6.21 Å². The highest BCUT2D eigenvalue weighted by Crippen LogP contribution is 1.65. The lowest BCUT2D eigenvalue weighted by Crippen LogP contribution is -2.31. The third kappa shape index (κ3) is 24.5. The Labute approximate surface area is 85.1 Å². The molecule has 0 atom stereocenters. The first-order valence-corrected chi connectivity index (χ1v) is 4.47. The molecule has 0 aromatic rings. The van der Waals surface area contributed by atoms with Crippen molar-refractivity contribution in [3.05, 3.63) is 0 Å². The van der Waals surface area contributed by atoms with Crippen LogP contribution in [0.2, 0.25) is 0 Å². The zero-order chi connectivity index (χ0) is 12.6. The number of nitrogens with two attached hydrogens (primary N) is 2. The quantitative estimate of drug-likeness (QED) is 0.0984. The number of hydrogen-bond acceptors (Lipinski definition) is 5. The molecule has 0 unspecified atom stereocenters. The largest absolute Gasteiger partial charge is 0.726 e. The topological polar surface area (TPSA) is 182 Å². The summed E-state index contributed by atoms with van der Waals surface area (Å²) in [5.74, 6) is -1.20. The van der Waals surface area contributed by atoms with Crippen molar-refractivity contribution in [1.29, 1.82) is 0 Å². The average Bonchev–Trinajstić information content (AvgIpc) is 1.96. The number of hydrogen-bond donors (Lipinski definition) is 4. The normalized spacial score (nSPS) is 10.3. The number of aliphatic carboxylic acids is 1. The van der Waals surface area contributed by atoms with Crippen LogP contribution in [0.4, 0.5) is 0 Å². The third-order valence-corrected chi connectivity index (χ3v) is 0.715. The van der Waals surface area contributed by atoms with Gasteiger partial charge in [0.25, 0.3) is 0 Å². The van der Waals surface area contributed by atoms with Gasteiger partial charge in [-0.1, -0.05) is 0 Å². The molecule has 6 N–H and O–H groups in total. The number of carboxylic acids is 1. The van der Waals surface area contributed by atoms with E-state index in [1.165, 1.54) is 7.05 Å². The second-order valence-electron chi connectivity index (χ2n) is 1.96. The van der Waals surface area contributed by atoms with Gasteiger partial charge in [-0.05, 0) is 0 Å². The molecule has 10 nitrogen and oxygen atoms in total. The molecule has 15 heavy (non-hydrogen) atoms. The first-order chi connectivity index (χ1) is 6.54. The van der Waals surface area contributed by atoms with E-state index in [-0.39, 0.29) is 5.96 Å². The summed E-state index contributed by atoms with van der Waals surface area (Å²) in [5, 5.41) is 11.4. The van der Waals surface area contributed by atoms with Crippen LogP contribution in [0.5, 0.6) is 0 Å². The van der Waals surface area contributed by atoms with E-state index >= 15 is 0 Å². The highest BCUT2D eigenvalue weighted by molar-refractivity contribution is 7.79. The van der Waals surface area contributed by atoms with Crippen molar-refractivity contribution in [2.45, 2.75) is 0 Å². The maximum absolute atomic E-state index is 9.86. The monoisotopic (exact) mass is 242 g/mol. The summed E-state index contributed by atoms with van der Waals surface area (Å²) >= 11 is 0. The summed E-state index contributed by atoms with van der Waals surface area (Å²) in [6.07, 6.45) is 0.694. The number of nitrogens with zero attached hydrogens (tertiary/aromatic N) is 2. The lowest BCUT2D eigenvalue weighted by atomic mass is 10.8. The maximum atomic E-state index is 9.86. The Balaban J connectivity index is 0. The van der Waals surface area contributed by atoms with E-state index in [1.54, 1.807) is 0 Å². The van der Waals surface area contributed by atoms with Gasteiger partial charge >= 0.3 is 11.9 Å². The summed E-state index contributed by atoms with van der Waals surface area (Å²) in [6, 6.07) is 0. The van der Waals surface area contributed by atoms with Gasteiger partial charge in [0, 0.05) is 0 Å². The Hall–Kier alpha value is -1.72. The van der Waals surface area contributed by atoms with Crippen LogP contribution >= 0.6 is 0 Å². The Morgan fingerprint density at radius 2 is 1.87 bits per heavy atom. The van der Waals surface area contributed by atoms with E-state index in [1.807, 2.05) is 0 Å². The second-order valence-corrected chi connectivity index (χ2v) is 2.81. The van der Waals surface area contributed by atoms with Crippen LogP contribution in [0.3, 0.4) is 0 Å². The van der Waals surface area contributed by atoms with E-state index in [4.69, 9.17) is 34.1 Å². The minimum absolute atomic E-state index is 0.0579. The molecular formula is C4H10N4O6S. The molecule has 0 fully saturated rings. The Morgan fingerprint density at radius 3 is 2.07 bits per heavy atom. The van der Waals surface area contributed by atoms with Crippen molar-refractivity contribution in [1.82, 2.24) is 0 Å². The zero-order valence-electron chi connectivity index (χ0n) is 7.56. The van der Waals surface area contributed by atoms with E-state index in [9.17, 15) is 4.79 Å². The van der Waals surface area contributed by atoms with Gasteiger partial charge in [-0.3, -0.25) is 16.0 Å². The summed E-state index contributed by atoms with van der Waals surface area (Å²) < 4.78 is 33.9. The van der Waals surface area contributed by atoms with Crippen LogP contribution in [0, 0.1) is 0 Å². The zero-order valence-corrected chi connectivity index (χ0v) is 8.38. The molecule has 0 saturated heterocycles. The van der Waals surface area contributed by atoms with Crippen LogP contribution in [-0.4, -0.2) is 52.5 Å². The fraction of sp³-hybridized carbons (Fsp3) is 0.250. The van der Waals surface area contributed by atoms with Crippen molar-refractivity contribution < 1.29 is 32.1 Å². The Bertz CT molecular complexity index is 359. The summed E-state index contributed by atoms with van der Waals surface area (Å²) in [7, 11) is -3.48. The van der Waals surface area contributed by atoms with E-state index in [0.717, 1.165) is 4.68 Å². The molecule has 0 aliphatic heterocycles. The summed E-state index contributed by atoms with van der Waals surface area (Å²) in [6.45, 7) is 0. The molecule has 88 valence electrons. The van der Waals surface area contributed by atoms with Crippen LogP contribution in [-0.2, 0) is 15.2 Å². The molecule has 0 bridgehead atoms. The molecule has 0 rings (SSSR count). The van der Waals surface area contributed by atoms with E-state index in [0.29, 0.717) is 6.21 Å². The third-order valence-electron chi connectivity index (χ3n) is 0.715. The first kappa shape index (κ1) is 15.7. The first-order valence-electron chi connectivity index (χ1n) is 3.11. The standard InChI is InChI=1S/C4H8N4O2.H2O4S/c1-8(4(5)6)7-2-3(9)10;1-5(2,3)4/h2H,1H3,(H4,5,6,9,10);(H2,1,2,3,4)/b7-2+;. The summed E-state index contributed by atoms with van der Waals surface area (Å²) in [5.41, 5.74) is 10.1. The van der Waals surface area contributed by atoms with Crippen LogP contribution in [0.25, 0.3) is 0 Å². The molecule has 0 aromatic carbocycles. The van der Waals surface area contributed by atoms with Crippen LogP contribution in [0.15, 0.2) is 5.10 Å². The Morgan fingerprint density at radius 1 is 1.53 bits per heavy atom. The summed E-state index contributed by atoms with van der Waals surface area (Å²) in [4.78, 5) is 9.86. The number of rotatable bonds is 2. The number of guanidine groups is 1. The van der Waals surface area contributed by atoms with E-state index < -0.39 is 16.4 Å². The maximum Gasteiger partial charge on any atom is 0.364 e. The number of carboxylic acid groups (broad SMARTS) is 1.